The first-order valence-electron chi connectivity index (χ1n) is 10.0. The monoisotopic (exact) mass is 471 g/mol. The van der Waals surface area contributed by atoms with Gasteiger partial charge in [0, 0.05) is 6.26 Å². The van der Waals surface area contributed by atoms with E-state index in [1.165, 1.54) is 23.5 Å². The number of sulfone groups is 1. The van der Waals surface area contributed by atoms with Gasteiger partial charge in [-0.15, -0.1) is 0 Å². The zero-order valence-electron chi connectivity index (χ0n) is 17.5. The third-order valence-electron chi connectivity index (χ3n) is 5.29. The molecule has 0 radical (unpaired) electrons. The fraction of sp³-hybridized carbons (Fsp3) is 0.273. The number of imide groups is 1. The maximum atomic E-state index is 13.2. The summed E-state index contributed by atoms with van der Waals surface area (Å²) in [5.41, 5.74) is 2.25. The van der Waals surface area contributed by atoms with Gasteiger partial charge in [0.15, 0.2) is 5.13 Å². The number of carbonyl (C=O) groups is 3. The third kappa shape index (κ3) is 4.28. The molecule has 1 N–H and O–H groups in total. The van der Waals surface area contributed by atoms with Crippen LogP contribution in [0.2, 0.25) is 0 Å². The van der Waals surface area contributed by atoms with Gasteiger partial charge in [0.2, 0.25) is 5.91 Å². The minimum atomic E-state index is -3.43. The number of hydrogen-bond acceptors (Lipinski definition) is 7. The number of fused-ring (bicyclic) bond motifs is 2. The normalized spacial score (nSPS) is 14.6. The third-order valence-corrected chi connectivity index (χ3v) is 7.20. The summed E-state index contributed by atoms with van der Waals surface area (Å²) < 4.78 is 24.4. The predicted molar refractivity (Wildman–Crippen MR) is 123 cm³/mol. The fourth-order valence-corrected chi connectivity index (χ4v) is 5.21. The molecule has 8 nitrogen and oxygen atoms in total. The minimum Gasteiger partial charge on any atom is -0.300 e. The Morgan fingerprint density at radius 2 is 1.78 bits per heavy atom. The molecule has 32 heavy (non-hydrogen) atoms. The molecule has 166 valence electrons. The van der Waals surface area contributed by atoms with Crippen molar-refractivity contribution in [2.75, 3.05) is 17.3 Å². The highest BCUT2D eigenvalue weighted by Gasteiger charge is 2.43. The van der Waals surface area contributed by atoms with Crippen LogP contribution in [0, 0.1) is 0 Å². The Hall–Kier alpha value is -3.11. The van der Waals surface area contributed by atoms with Crippen LogP contribution in [-0.2, 0) is 21.1 Å². The van der Waals surface area contributed by atoms with Crippen LogP contribution >= 0.6 is 11.3 Å². The number of anilines is 1. The quantitative estimate of drug-likeness (QED) is 0.530. The molecular weight excluding hydrogens is 450 g/mol. The minimum absolute atomic E-state index is 0.196. The Balaban J connectivity index is 1.64. The first kappa shape index (κ1) is 22.1. The number of rotatable bonds is 7. The van der Waals surface area contributed by atoms with Crippen LogP contribution < -0.4 is 5.32 Å². The lowest BCUT2D eigenvalue weighted by molar-refractivity contribution is -0.120. The van der Waals surface area contributed by atoms with E-state index in [0.29, 0.717) is 5.13 Å². The molecule has 1 aliphatic rings. The molecule has 0 bridgehead atoms. The highest BCUT2D eigenvalue weighted by molar-refractivity contribution is 7.90. The van der Waals surface area contributed by atoms with E-state index in [2.05, 4.69) is 10.3 Å². The summed E-state index contributed by atoms with van der Waals surface area (Å²) in [6.07, 6.45) is 1.70. The number of thiazole rings is 1. The first-order chi connectivity index (χ1) is 15.2. The molecule has 1 atom stereocenters. The van der Waals surface area contributed by atoms with Gasteiger partial charge in [0.05, 0.1) is 27.1 Å². The smallest absolute Gasteiger partial charge is 0.262 e. The maximum absolute atomic E-state index is 13.2. The van der Waals surface area contributed by atoms with Crippen LogP contribution in [0.25, 0.3) is 10.2 Å². The van der Waals surface area contributed by atoms with Crippen molar-refractivity contribution in [3.8, 4) is 0 Å². The van der Waals surface area contributed by atoms with Crippen molar-refractivity contribution in [2.45, 2.75) is 25.8 Å². The first-order valence-corrected chi connectivity index (χ1v) is 12.9. The molecule has 2 aromatic carbocycles. The van der Waals surface area contributed by atoms with E-state index in [0.717, 1.165) is 33.4 Å². The van der Waals surface area contributed by atoms with Crippen LogP contribution in [0.1, 0.15) is 39.6 Å². The molecule has 0 fully saturated rings. The molecule has 4 rings (SSSR count). The van der Waals surface area contributed by atoms with Gasteiger partial charge in [-0.25, -0.2) is 13.4 Å². The summed E-state index contributed by atoms with van der Waals surface area (Å²) in [5.74, 6) is -2.23. The van der Waals surface area contributed by atoms with Crippen LogP contribution in [0.15, 0.2) is 42.5 Å². The van der Waals surface area contributed by atoms with Gasteiger partial charge in [-0.05, 0) is 42.7 Å². The van der Waals surface area contributed by atoms with E-state index in [-0.39, 0.29) is 23.3 Å². The van der Waals surface area contributed by atoms with Crippen LogP contribution in [0.3, 0.4) is 0 Å². The predicted octanol–water partition coefficient (Wildman–Crippen LogP) is 2.90. The van der Waals surface area contributed by atoms with Gasteiger partial charge in [-0.2, -0.15) is 0 Å². The number of hydrogen-bond donors (Lipinski definition) is 1. The number of benzene rings is 2. The lowest BCUT2D eigenvalue weighted by Crippen LogP contribution is -2.48. The van der Waals surface area contributed by atoms with Crippen LogP contribution in [-0.4, -0.2) is 54.1 Å². The number of aromatic nitrogens is 1. The Morgan fingerprint density at radius 3 is 2.38 bits per heavy atom. The zero-order chi connectivity index (χ0) is 23.0. The molecule has 1 aromatic heterocycles. The van der Waals surface area contributed by atoms with Crippen molar-refractivity contribution < 1.29 is 22.8 Å². The zero-order valence-corrected chi connectivity index (χ0v) is 19.1. The number of carbonyl (C=O) groups excluding carboxylic acids is 3. The van der Waals surface area contributed by atoms with Gasteiger partial charge >= 0.3 is 0 Å². The maximum Gasteiger partial charge on any atom is 0.262 e. The molecule has 1 unspecified atom stereocenters. The number of nitrogens with one attached hydrogen (secondary N) is 1. The van der Waals surface area contributed by atoms with Crippen molar-refractivity contribution in [1.29, 1.82) is 0 Å². The van der Waals surface area contributed by atoms with E-state index < -0.39 is 33.6 Å². The Labute approximate surface area is 189 Å². The van der Waals surface area contributed by atoms with Gasteiger partial charge in [0.1, 0.15) is 15.9 Å². The SMILES string of the molecule is CCc1ccc2nc(NC(=O)C(CCS(C)(=O)=O)N3C(=O)c4ccccc4C3=O)sc2c1. The van der Waals surface area contributed by atoms with E-state index in [1.54, 1.807) is 12.1 Å². The summed E-state index contributed by atoms with van der Waals surface area (Å²) in [6, 6.07) is 10.8. The number of aryl methyl sites for hydroxylation is 1. The average Bonchev–Trinajstić information content (AvgIpc) is 3.26. The van der Waals surface area contributed by atoms with E-state index in [9.17, 15) is 22.8 Å². The van der Waals surface area contributed by atoms with Crippen molar-refractivity contribution in [2.24, 2.45) is 0 Å². The van der Waals surface area contributed by atoms with Gasteiger partial charge < -0.3 is 5.32 Å². The molecule has 0 saturated carbocycles. The second-order valence-electron chi connectivity index (χ2n) is 7.62. The molecular formula is C22H21N3O5S2. The van der Waals surface area contributed by atoms with E-state index in [4.69, 9.17) is 0 Å². The van der Waals surface area contributed by atoms with Crippen molar-refractivity contribution in [3.05, 3.63) is 59.2 Å². The molecule has 3 aromatic rings. The molecule has 1 aliphatic heterocycles. The van der Waals surface area contributed by atoms with Crippen molar-refractivity contribution in [3.63, 3.8) is 0 Å². The molecule has 0 saturated heterocycles. The van der Waals surface area contributed by atoms with Gasteiger partial charge in [0.25, 0.3) is 11.8 Å². The Kier molecular flexibility index (Phi) is 5.83. The van der Waals surface area contributed by atoms with E-state index >= 15 is 0 Å². The Morgan fingerprint density at radius 1 is 1.12 bits per heavy atom. The summed E-state index contributed by atoms with van der Waals surface area (Å²) in [6.45, 7) is 2.04. The summed E-state index contributed by atoms with van der Waals surface area (Å²) >= 11 is 1.28. The Bertz CT molecular complexity index is 1310. The highest BCUT2D eigenvalue weighted by atomic mass is 32.2. The second kappa shape index (κ2) is 8.44. The van der Waals surface area contributed by atoms with Gasteiger partial charge in [-0.1, -0.05) is 36.5 Å². The lowest BCUT2D eigenvalue weighted by Gasteiger charge is -2.24. The number of nitrogens with zero attached hydrogens (tertiary/aromatic N) is 2. The number of amides is 3. The fourth-order valence-electron chi connectivity index (χ4n) is 3.63. The molecule has 0 spiro atoms. The van der Waals surface area contributed by atoms with E-state index in [1.807, 2.05) is 25.1 Å². The van der Waals surface area contributed by atoms with Gasteiger partial charge in [-0.3, -0.25) is 19.3 Å². The van der Waals surface area contributed by atoms with Crippen LogP contribution in [0.5, 0.6) is 0 Å². The largest absolute Gasteiger partial charge is 0.300 e. The standard InChI is InChI=1S/C22H21N3O5S2/c1-3-13-8-9-16-18(12-13)31-22(23-16)24-19(26)17(10-11-32(2,29)30)25-20(27)14-6-4-5-7-15(14)21(25)28/h4-9,12,17H,3,10-11H2,1-2H3,(H,23,24,26). The lowest BCUT2D eigenvalue weighted by atomic mass is 10.1. The molecule has 10 heteroatoms. The average molecular weight is 472 g/mol. The highest BCUT2D eigenvalue weighted by Crippen LogP contribution is 2.29. The van der Waals surface area contributed by atoms with Crippen molar-refractivity contribution >= 4 is 54.2 Å². The molecule has 2 heterocycles. The van der Waals surface area contributed by atoms with Crippen molar-refractivity contribution in [1.82, 2.24) is 9.88 Å². The second-order valence-corrected chi connectivity index (χ2v) is 10.9. The summed E-state index contributed by atoms with van der Waals surface area (Å²) in [5, 5.41) is 3.00. The molecule has 0 aliphatic carbocycles. The summed E-state index contributed by atoms with van der Waals surface area (Å²) in [7, 11) is -3.43. The molecule has 3 amide bonds. The van der Waals surface area contributed by atoms with Crippen LogP contribution in [0.4, 0.5) is 5.13 Å². The summed E-state index contributed by atoms with van der Waals surface area (Å²) in [4.78, 5) is 44.2. The topological polar surface area (TPSA) is 114 Å².